The van der Waals surface area contributed by atoms with Gasteiger partial charge in [-0.1, -0.05) is 37.0 Å². The Balaban J connectivity index is 2.64. The van der Waals surface area contributed by atoms with Gasteiger partial charge in [0.1, 0.15) is 5.82 Å². The van der Waals surface area contributed by atoms with Crippen molar-refractivity contribution < 1.29 is 0 Å². The minimum absolute atomic E-state index is 0.158. The van der Waals surface area contributed by atoms with Crippen molar-refractivity contribution in [2.24, 2.45) is 5.92 Å². The van der Waals surface area contributed by atoms with E-state index >= 15 is 0 Å². The molecule has 2 unspecified atom stereocenters. The molecule has 1 heterocycles. The summed E-state index contributed by atoms with van der Waals surface area (Å²) in [6.07, 6.45) is 1.06. The molecule has 110 valence electrons. The van der Waals surface area contributed by atoms with E-state index in [2.05, 4.69) is 30.3 Å². The first-order chi connectivity index (χ1) is 9.31. The van der Waals surface area contributed by atoms with Crippen molar-refractivity contribution in [2.45, 2.75) is 45.5 Å². The van der Waals surface area contributed by atoms with Gasteiger partial charge in [0, 0.05) is 6.04 Å². The van der Waals surface area contributed by atoms with E-state index in [0.29, 0.717) is 22.0 Å². The van der Waals surface area contributed by atoms with Crippen LogP contribution in [0.1, 0.15) is 51.4 Å². The van der Waals surface area contributed by atoms with E-state index < -0.39 is 0 Å². The van der Waals surface area contributed by atoms with Gasteiger partial charge in [-0.15, -0.1) is 11.6 Å². The minimum atomic E-state index is -0.158. The molecule has 0 aliphatic heterocycles. The Labute approximate surface area is 135 Å². The SMILES string of the molecule is CC(C)CC(C)n1c(C(C)Cl)nc2cc(Cl)c(Cl)cc21. The highest BCUT2D eigenvalue weighted by molar-refractivity contribution is 6.42. The molecule has 0 spiro atoms. The van der Waals surface area contributed by atoms with Crippen molar-refractivity contribution in [2.75, 3.05) is 0 Å². The smallest absolute Gasteiger partial charge is 0.127 e. The molecule has 2 rings (SSSR count). The summed E-state index contributed by atoms with van der Waals surface area (Å²) in [7, 11) is 0. The van der Waals surface area contributed by atoms with Gasteiger partial charge in [0.15, 0.2) is 0 Å². The second-order valence-corrected chi connectivity index (χ2v) is 7.16. The van der Waals surface area contributed by atoms with Crippen LogP contribution in [-0.2, 0) is 0 Å². The largest absolute Gasteiger partial charge is 0.324 e. The second-order valence-electron chi connectivity index (χ2n) is 5.69. The van der Waals surface area contributed by atoms with Gasteiger partial charge in [-0.3, -0.25) is 0 Å². The van der Waals surface area contributed by atoms with Crippen LogP contribution in [0, 0.1) is 5.92 Å². The van der Waals surface area contributed by atoms with Crippen LogP contribution in [0.5, 0.6) is 0 Å². The number of benzene rings is 1. The summed E-state index contributed by atoms with van der Waals surface area (Å²) in [5.41, 5.74) is 1.84. The highest BCUT2D eigenvalue weighted by Crippen LogP contribution is 2.34. The summed E-state index contributed by atoms with van der Waals surface area (Å²) >= 11 is 18.5. The Hall–Kier alpha value is -0.440. The topological polar surface area (TPSA) is 17.8 Å². The lowest BCUT2D eigenvalue weighted by molar-refractivity contribution is 0.425. The van der Waals surface area contributed by atoms with Crippen LogP contribution in [0.3, 0.4) is 0 Å². The summed E-state index contributed by atoms with van der Waals surface area (Å²) in [6.45, 7) is 8.55. The molecule has 2 aromatic rings. The van der Waals surface area contributed by atoms with Crippen LogP contribution in [0.2, 0.25) is 10.0 Å². The zero-order valence-corrected chi connectivity index (χ0v) is 14.4. The van der Waals surface area contributed by atoms with Gasteiger partial charge in [0.25, 0.3) is 0 Å². The maximum atomic E-state index is 6.29. The van der Waals surface area contributed by atoms with E-state index in [1.54, 1.807) is 6.07 Å². The first-order valence-corrected chi connectivity index (χ1v) is 8.01. The van der Waals surface area contributed by atoms with Crippen LogP contribution in [-0.4, -0.2) is 9.55 Å². The number of alkyl halides is 1. The molecule has 0 bridgehead atoms. The zero-order valence-electron chi connectivity index (χ0n) is 12.1. The Morgan fingerprint density at radius 1 is 1.10 bits per heavy atom. The van der Waals surface area contributed by atoms with Gasteiger partial charge in [-0.2, -0.15) is 0 Å². The lowest BCUT2D eigenvalue weighted by atomic mass is 10.0. The number of fused-ring (bicyclic) bond motifs is 1. The molecular weight excluding hydrogens is 315 g/mol. The van der Waals surface area contributed by atoms with E-state index in [1.807, 2.05) is 13.0 Å². The fourth-order valence-corrected chi connectivity index (χ4v) is 3.11. The Morgan fingerprint density at radius 3 is 2.25 bits per heavy atom. The molecular formula is C15H19Cl3N2. The normalized spacial score (nSPS) is 15.0. The molecule has 0 fully saturated rings. The summed E-state index contributed by atoms with van der Waals surface area (Å²) in [6, 6.07) is 4.00. The van der Waals surface area contributed by atoms with Crippen molar-refractivity contribution in [1.82, 2.24) is 9.55 Å². The van der Waals surface area contributed by atoms with E-state index in [9.17, 15) is 0 Å². The third-order valence-electron chi connectivity index (χ3n) is 3.37. The summed E-state index contributed by atoms with van der Waals surface area (Å²) in [4.78, 5) is 4.63. The van der Waals surface area contributed by atoms with Crippen LogP contribution in [0.4, 0.5) is 0 Å². The monoisotopic (exact) mass is 332 g/mol. The quantitative estimate of drug-likeness (QED) is 0.605. The van der Waals surface area contributed by atoms with Gasteiger partial charge in [0.05, 0.1) is 26.5 Å². The number of aromatic nitrogens is 2. The highest BCUT2D eigenvalue weighted by Gasteiger charge is 2.20. The van der Waals surface area contributed by atoms with Crippen LogP contribution in [0.15, 0.2) is 12.1 Å². The van der Waals surface area contributed by atoms with Crippen molar-refractivity contribution in [3.8, 4) is 0 Å². The average Bonchev–Trinajstić information content (AvgIpc) is 2.67. The number of hydrogen-bond donors (Lipinski definition) is 0. The van der Waals surface area contributed by atoms with Crippen LogP contribution >= 0.6 is 34.8 Å². The average molecular weight is 334 g/mol. The summed E-state index contributed by atoms with van der Waals surface area (Å²) in [5.74, 6) is 1.47. The van der Waals surface area contributed by atoms with E-state index in [0.717, 1.165) is 23.3 Å². The van der Waals surface area contributed by atoms with Gasteiger partial charge in [-0.25, -0.2) is 4.98 Å². The first kappa shape index (κ1) is 15.9. The lowest BCUT2D eigenvalue weighted by Gasteiger charge is -2.20. The number of hydrogen-bond acceptors (Lipinski definition) is 1. The molecule has 0 aliphatic rings. The molecule has 2 atom stereocenters. The van der Waals surface area contributed by atoms with Gasteiger partial charge in [0.2, 0.25) is 0 Å². The fourth-order valence-electron chi connectivity index (χ4n) is 2.64. The van der Waals surface area contributed by atoms with Crippen molar-refractivity contribution in [1.29, 1.82) is 0 Å². The first-order valence-electron chi connectivity index (χ1n) is 6.82. The maximum absolute atomic E-state index is 6.29. The Kier molecular flexibility index (Phi) is 4.88. The molecule has 1 aromatic carbocycles. The van der Waals surface area contributed by atoms with E-state index in [-0.39, 0.29) is 5.38 Å². The Morgan fingerprint density at radius 2 is 1.70 bits per heavy atom. The predicted octanol–water partition coefficient (Wildman–Crippen LogP) is 6.25. The molecule has 0 aliphatic carbocycles. The summed E-state index contributed by atoms with van der Waals surface area (Å²) in [5, 5.41) is 0.912. The zero-order chi connectivity index (χ0) is 15.0. The molecule has 0 saturated heterocycles. The molecule has 20 heavy (non-hydrogen) atoms. The van der Waals surface area contributed by atoms with Gasteiger partial charge < -0.3 is 4.57 Å². The minimum Gasteiger partial charge on any atom is -0.324 e. The predicted molar refractivity (Wildman–Crippen MR) is 88.2 cm³/mol. The number of nitrogens with zero attached hydrogens (tertiary/aromatic N) is 2. The number of halogens is 3. The molecule has 0 amide bonds. The summed E-state index contributed by atoms with van der Waals surface area (Å²) < 4.78 is 2.19. The molecule has 0 N–H and O–H groups in total. The van der Waals surface area contributed by atoms with E-state index in [1.165, 1.54) is 0 Å². The molecule has 1 aromatic heterocycles. The highest BCUT2D eigenvalue weighted by atomic mass is 35.5. The fraction of sp³-hybridized carbons (Fsp3) is 0.533. The van der Waals surface area contributed by atoms with Crippen LogP contribution < -0.4 is 0 Å². The Bertz CT molecular complexity index is 617. The molecule has 2 nitrogen and oxygen atoms in total. The van der Waals surface area contributed by atoms with Crippen molar-refractivity contribution in [3.05, 3.63) is 28.0 Å². The van der Waals surface area contributed by atoms with Crippen molar-refractivity contribution >= 4 is 45.8 Å². The van der Waals surface area contributed by atoms with Crippen molar-refractivity contribution in [3.63, 3.8) is 0 Å². The standard InChI is InChI=1S/C15H19Cl3N2/c1-8(2)5-9(3)20-14-7-12(18)11(17)6-13(14)19-15(20)10(4)16/h6-10H,5H2,1-4H3. The maximum Gasteiger partial charge on any atom is 0.127 e. The molecule has 0 saturated carbocycles. The van der Waals surface area contributed by atoms with E-state index in [4.69, 9.17) is 34.8 Å². The molecule has 0 radical (unpaired) electrons. The van der Waals surface area contributed by atoms with Gasteiger partial charge in [-0.05, 0) is 38.3 Å². The molecule has 5 heteroatoms. The lowest BCUT2D eigenvalue weighted by Crippen LogP contribution is -2.12. The number of imidazole rings is 1. The number of rotatable bonds is 4. The third kappa shape index (κ3) is 3.08. The van der Waals surface area contributed by atoms with Crippen LogP contribution in [0.25, 0.3) is 11.0 Å². The third-order valence-corrected chi connectivity index (χ3v) is 4.29. The second kappa shape index (κ2) is 6.13. The van der Waals surface area contributed by atoms with Gasteiger partial charge >= 0.3 is 0 Å².